The quantitative estimate of drug-likeness (QED) is 0.782. The Morgan fingerprint density at radius 3 is 2.66 bits per heavy atom. The molecule has 0 unspecified atom stereocenters. The van der Waals surface area contributed by atoms with E-state index >= 15 is 0 Å². The number of aryl methyl sites for hydroxylation is 2. The predicted octanol–water partition coefficient (Wildman–Crippen LogP) is 2.89. The maximum atomic E-state index is 12.9. The number of carbonyl (C=O) groups excluding carboxylic acids is 3. The van der Waals surface area contributed by atoms with Gasteiger partial charge in [0.1, 0.15) is 6.54 Å². The van der Waals surface area contributed by atoms with E-state index in [1.54, 1.807) is 18.2 Å². The molecule has 1 N–H and O–H groups in total. The van der Waals surface area contributed by atoms with Gasteiger partial charge in [-0.2, -0.15) is 5.11 Å². The topological polar surface area (TPSA) is 94.4 Å². The number of imide groups is 1. The summed E-state index contributed by atoms with van der Waals surface area (Å²) in [7, 11) is 0. The predicted molar refractivity (Wildman–Crippen MR) is 108 cm³/mol. The first-order chi connectivity index (χ1) is 13.8. The first-order valence-corrected chi connectivity index (χ1v) is 9.41. The largest absolute Gasteiger partial charge is 0.324 e. The number of fused-ring (bicyclic) bond motifs is 1. The molecule has 0 aliphatic carbocycles. The molecule has 2 aliphatic rings. The van der Waals surface area contributed by atoms with E-state index in [-0.39, 0.29) is 12.5 Å². The molecule has 0 aromatic heterocycles. The Kier molecular flexibility index (Phi) is 4.79. The van der Waals surface area contributed by atoms with Gasteiger partial charge in [-0.15, -0.1) is 0 Å². The maximum Gasteiger partial charge on any atom is 0.263 e. The molecule has 4 rings (SSSR count). The zero-order chi connectivity index (χ0) is 20.7. The Morgan fingerprint density at radius 1 is 1.14 bits per heavy atom. The van der Waals surface area contributed by atoms with Crippen LogP contribution in [0.25, 0.3) is 0 Å². The molecule has 2 aromatic rings. The number of hydrogen-bond acceptors (Lipinski definition) is 6. The molecule has 148 valence electrons. The van der Waals surface area contributed by atoms with Gasteiger partial charge in [0.25, 0.3) is 11.8 Å². The molecule has 2 atom stereocenters. The van der Waals surface area contributed by atoms with Gasteiger partial charge in [-0.25, -0.2) is 4.90 Å². The minimum atomic E-state index is -0.963. The summed E-state index contributed by atoms with van der Waals surface area (Å²) in [5, 5.41) is 12.3. The molecule has 3 amide bonds. The van der Waals surface area contributed by atoms with Crippen LogP contribution in [0.3, 0.4) is 0 Å². The van der Waals surface area contributed by atoms with Crippen LogP contribution in [0, 0.1) is 13.8 Å². The third-order valence-electron chi connectivity index (χ3n) is 4.89. The average molecular weight is 412 g/mol. The van der Waals surface area contributed by atoms with Crippen LogP contribution >= 0.6 is 11.6 Å². The van der Waals surface area contributed by atoms with Crippen LogP contribution < -0.4 is 10.2 Å². The van der Waals surface area contributed by atoms with Crippen LogP contribution in [0.15, 0.2) is 52.8 Å². The monoisotopic (exact) mass is 411 g/mol. The highest BCUT2D eigenvalue weighted by Crippen LogP contribution is 2.32. The van der Waals surface area contributed by atoms with E-state index in [1.807, 2.05) is 32.0 Å². The summed E-state index contributed by atoms with van der Waals surface area (Å²) in [6.45, 7) is 3.67. The Balaban J connectivity index is 1.49. The van der Waals surface area contributed by atoms with Gasteiger partial charge < -0.3 is 5.32 Å². The summed E-state index contributed by atoms with van der Waals surface area (Å²) >= 11 is 5.98. The Morgan fingerprint density at radius 2 is 1.93 bits per heavy atom. The average Bonchev–Trinajstić information content (AvgIpc) is 3.17. The van der Waals surface area contributed by atoms with Crippen LogP contribution in [-0.4, -0.2) is 41.4 Å². The van der Waals surface area contributed by atoms with Crippen molar-refractivity contribution in [2.24, 2.45) is 10.3 Å². The molecule has 9 heteroatoms. The standard InChI is InChI=1S/C20H18ClN5O3/c1-11-6-7-15(12(2)8-11)22-16(27)10-25-18-17(23-24-25)19(28)26(20(18)29)14-5-3-4-13(21)9-14/h3-9,17-18H,10H2,1-2H3,(H,22,27)/t17-,18-/m0/s1. The molecule has 0 bridgehead atoms. The van der Waals surface area contributed by atoms with Crippen molar-refractivity contribution >= 4 is 40.7 Å². The van der Waals surface area contributed by atoms with Gasteiger partial charge in [-0.3, -0.25) is 19.4 Å². The zero-order valence-electron chi connectivity index (χ0n) is 15.8. The van der Waals surface area contributed by atoms with Crippen molar-refractivity contribution in [1.29, 1.82) is 0 Å². The lowest BCUT2D eigenvalue weighted by molar-refractivity contribution is -0.123. The van der Waals surface area contributed by atoms with Crippen molar-refractivity contribution in [3.8, 4) is 0 Å². The molecule has 1 fully saturated rings. The number of carbonyl (C=O) groups is 3. The summed E-state index contributed by atoms with van der Waals surface area (Å²) in [6.07, 6.45) is 0. The highest BCUT2D eigenvalue weighted by molar-refractivity contribution is 6.31. The second-order valence-electron chi connectivity index (χ2n) is 7.05. The van der Waals surface area contributed by atoms with Gasteiger partial charge in [0.15, 0.2) is 12.1 Å². The molecular formula is C20H18ClN5O3. The van der Waals surface area contributed by atoms with Gasteiger partial charge in [-0.1, -0.05) is 40.6 Å². The Bertz CT molecular complexity index is 1050. The van der Waals surface area contributed by atoms with E-state index in [1.165, 1.54) is 11.1 Å². The molecule has 2 aromatic carbocycles. The van der Waals surface area contributed by atoms with Crippen LogP contribution in [-0.2, 0) is 14.4 Å². The van der Waals surface area contributed by atoms with Gasteiger partial charge in [0.05, 0.1) is 5.69 Å². The summed E-state index contributed by atoms with van der Waals surface area (Å²) in [5.41, 5.74) is 3.07. The summed E-state index contributed by atoms with van der Waals surface area (Å²) in [6, 6.07) is 10.2. The van der Waals surface area contributed by atoms with Gasteiger partial charge in [0.2, 0.25) is 5.91 Å². The van der Waals surface area contributed by atoms with E-state index in [9.17, 15) is 14.4 Å². The number of anilines is 2. The molecular weight excluding hydrogens is 394 g/mol. The molecule has 0 radical (unpaired) electrons. The zero-order valence-corrected chi connectivity index (χ0v) is 16.6. The van der Waals surface area contributed by atoms with Gasteiger partial charge in [0, 0.05) is 10.7 Å². The fourth-order valence-electron chi connectivity index (χ4n) is 3.51. The lowest BCUT2D eigenvalue weighted by Gasteiger charge is -2.20. The number of benzene rings is 2. The molecule has 8 nitrogen and oxygen atoms in total. The molecule has 1 saturated heterocycles. The van der Waals surface area contributed by atoms with Gasteiger partial charge >= 0.3 is 0 Å². The first kappa shape index (κ1) is 19.1. The van der Waals surface area contributed by atoms with Crippen LogP contribution in [0.5, 0.6) is 0 Å². The highest BCUT2D eigenvalue weighted by Gasteiger charge is 2.55. The van der Waals surface area contributed by atoms with Gasteiger partial charge in [-0.05, 0) is 43.7 Å². The fourth-order valence-corrected chi connectivity index (χ4v) is 3.70. The highest BCUT2D eigenvalue weighted by atomic mass is 35.5. The number of rotatable bonds is 4. The molecule has 0 spiro atoms. The minimum absolute atomic E-state index is 0.194. The van der Waals surface area contributed by atoms with Crippen molar-refractivity contribution in [3.63, 3.8) is 0 Å². The van der Waals surface area contributed by atoms with Crippen molar-refractivity contribution in [1.82, 2.24) is 5.01 Å². The Labute approximate surface area is 172 Å². The van der Waals surface area contributed by atoms with Crippen LogP contribution in [0.4, 0.5) is 11.4 Å². The molecule has 0 saturated carbocycles. The fraction of sp³-hybridized carbons (Fsp3) is 0.250. The molecule has 2 aliphatic heterocycles. The van der Waals surface area contributed by atoms with Crippen molar-refractivity contribution < 1.29 is 14.4 Å². The number of halogens is 1. The second kappa shape index (κ2) is 7.29. The normalized spacial score (nSPS) is 20.4. The SMILES string of the molecule is Cc1ccc(NC(=O)CN2N=N[C@@H]3C(=O)N(c4cccc(Cl)c4)C(=O)[C@H]32)c(C)c1. The Hall–Kier alpha value is -3.26. The lowest BCUT2D eigenvalue weighted by atomic mass is 10.1. The number of hydrogen-bond donors (Lipinski definition) is 1. The van der Waals surface area contributed by atoms with E-state index in [0.717, 1.165) is 16.0 Å². The van der Waals surface area contributed by atoms with E-state index in [4.69, 9.17) is 11.6 Å². The summed E-state index contributed by atoms with van der Waals surface area (Å²) < 4.78 is 0. The van der Waals surface area contributed by atoms with Crippen molar-refractivity contribution in [3.05, 3.63) is 58.6 Å². The number of nitrogens with zero attached hydrogens (tertiary/aromatic N) is 4. The number of nitrogens with one attached hydrogen (secondary N) is 1. The van der Waals surface area contributed by atoms with Crippen molar-refractivity contribution in [2.45, 2.75) is 25.9 Å². The smallest absolute Gasteiger partial charge is 0.263 e. The van der Waals surface area contributed by atoms with Crippen molar-refractivity contribution in [2.75, 3.05) is 16.8 Å². The molecule has 29 heavy (non-hydrogen) atoms. The third-order valence-corrected chi connectivity index (χ3v) is 5.12. The van der Waals surface area contributed by atoms with E-state index in [0.29, 0.717) is 16.4 Å². The number of amides is 3. The molecule has 2 heterocycles. The van der Waals surface area contributed by atoms with E-state index < -0.39 is 23.9 Å². The third kappa shape index (κ3) is 3.47. The van der Waals surface area contributed by atoms with Crippen LogP contribution in [0.2, 0.25) is 5.02 Å². The minimum Gasteiger partial charge on any atom is -0.324 e. The van der Waals surface area contributed by atoms with E-state index in [2.05, 4.69) is 15.7 Å². The summed E-state index contributed by atoms with van der Waals surface area (Å²) in [4.78, 5) is 39.2. The summed E-state index contributed by atoms with van der Waals surface area (Å²) in [5.74, 6) is -1.31. The lowest BCUT2D eigenvalue weighted by Crippen LogP contribution is -2.43. The first-order valence-electron chi connectivity index (χ1n) is 9.03. The maximum absolute atomic E-state index is 12.9. The van der Waals surface area contributed by atoms with Crippen LogP contribution in [0.1, 0.15) is 11.1 Å². The second-order valence-corrected chi connectivity index (χ2v) is 7.49.